The van der Waals surface area contributed by atoms with Gasteiger partial charge in [0.2, 0.25) is 0 Å². The van der Waals surface area contributed by atoms with Crippen LogP contribution in [-0.4, -0.2) is 36.9 Å². The van der Waals surface area contributed by atoms with Crippen molar-refractivity contribution >= 4 is 6.29 Å². The first-order valence-electron chi connectivity index (χ1n) is 7.22. The van der Waals surface area contributed by atoms with Gasteiger partial charge in [0.25, 0.3) is 0 Å². The van der Waals surface area contributed by atoms with Crippen molar-refractivity contribution in [1.29, 1.82) is 0 Å². The van der Waals surface area contributed by atoms with Gasteiger partial charge in [0.05, 0.1) is 12.2 Å². The monoisotopic (exact) mass is 261 g/mol. The van der Waals surface area contributed by atoms with Crippen molar-refractivity contribution < 1.29 is 9.53 Å². The van der Waals surface area contributed by atoms with Gasteiger partial charge in [0.15, 0.2) is 6.29 Å². The summed E-state index contributed by atoms with van der Waals surface area (Å²) in [7, 11) is 0. The smallest absolute Gasteiger partial charge is 0.153 e. The standard InChI is InChI=1S/C16H23NO2/c1-14-7-4-5-10-17(14)11-6-12-19-16-9-3-2-8-15(16)13-18/h2-3,8-9,13-14H,4-7,10-12H2,1H3. The second-order valence-corrected chi connectivity index (χ2v) is 5.24. The molecule has 1 aliphatic rings. The summed E-state index contributed by atoms with van der Waals surface area (Å²) < 4.78 is 5.70. The minimum absolute atomic E-state index is 0.633. The average Bonchev–Trinajstić information content (AvgIpc) is 2.45. The van der Waals surface area contributed by atoms with Crippen molar-refractivity contribution in [1.82, 2.24) is 4.90 Å². The number of likely N-dealkylation sites (tertiary alicyclic amines) is 1. The van der Waals surface area contributed by atoms with Crippen LogP contribution < -0.4 is 4.74 Å². The van der Waals surface area contributed by atoms with Crippen molar-refractivity contribution in [2.75, 3.05) is 19.7 Å². The number of piperidine rings is 1. The summed E-state index contributed by atoms with van der Waals surface area (Å²) in [6, 6.07) is 8.10. The number of aldehydes is 1. The molecule has 2 rings (SSSR count). The lowest BCUT2D eigenvalue weighted by Crippen LogP contribution is -2.38. The zero-order valence-corrected chi connectivity index (χ0v) is 11.7. The van der Waals surface area contributed by atoms with Gasteiger partial charge in [-0.2, -0.15) is 0 Å². The molecular formula is C16H23NO2. The quantitative estimate of drug-likeness (QED) is 0.582. The molecule has 1 fully saturated rings. The fourth-order valence-electron chi connectivity index (χ4n) is 2.65. The summed E-state index contributed by atoms with van der Waals surface area (Å²) >= 11 is 0. The van der Waals surface area contributed by atoms with E-state index in [0.717, 1.165) is 19.3 Å². The van der Waals surface area contributed by atoms with E-state index in [1.165, 1.54) is 25.8 Å². The van der Waals surface area contributed by atoms with Gasteiger partial charge in [0, 0.05) is 12.6 Å². The van der Waals surface area contributed by atoms with E-state index >= 15 is 0 Å². The maximum atomic E-state index is 10.9. The van der Waals surface area contributed by atoms with Crippen LogP contribution in [0.2, 0.25) is 0 Å². The summed E-state index contributed by atoms with van der Waals surface area (Å²) in [6.07, 6.45) is 5.86. The molecule has 0 N–H and O–H groups in total. The highest BCUT2D eigenvalue weighted by atomic mass is 16.5. The first kappa shape index (κ1) is 14.1. The Hall–Kier alpha value is -1.35. The van der Waals surface area contributed by atoms with Crippen molar-refractivity contribution in [3.63, 3.8) is 0 Å². The van der Waals surface area contributed by atoms with Gasteiger partial charge in [0.1, 0.15) is 5.75 Å². The third-order valence-corrected chi connectivity index (χ3v) is 3.83. The maximum Gasteiger partial charge on any atom is 0.153 e. The van der Waals surface area contributed by atoms with E-state index in [1.54, 1.807) is 6.07 Å². The molecule has 0 spiro atoms. The average molecular weight is 261 g/mol. The first-order valence-corrected chi connectivity index (χ1v) is 7.22. The highest BCUT2D eigenvalue weighted by Crippen LogP contribution is 2.18. The van der Waals surface area contributed by atoms with Crippen LogP contribution in [-0.2, 0) is 0 Å². The zero-order valence-electron chi connectivity index (χ0n) is 11.7. The molecule has 0 aromatic heterocycles. The number of hydrogen-bond acceptors (Lipinski definition) is 3. The minimum atomic E-state index is 0.633. The number of nitrogens with zero attached hydrogens (tertiary/aromatic N) is 1. The van der Waals surface area contributed by atoms with Gasteiger partial charge in [-0.25, -0.2) is 0 Å². The summed E-state index contributed by atoms with van der Waals surface area (Å²) in [4.78, 5) is 13.4. The number of rotatable bonds is 6. The van der Waals surface area contributed by atoms with Crippen LogP contribution in [0.3, 0.4) is 0 Å². The Balaban J connectivity index is 1.73. The molecule has 1 aromatic carbocycles. The lowest BCUT2D eigenvalue weighted by Gasteiger charge is -2.33. The predicted molar refractivity (Wildman–Crippen MR) is 76.8 cm³/mol. The topological polar surface area (TPSA) is 29.5 Å². The Labute approximate surface area is 115 Å². The van der Waals surface area contributed by atoms with Crippen molar-refractivity contribution in [3.05, 3.63) is 29.8 Å². The van der Waals surface area contributed by atoms with Crippen LogP contribution in [0.25, 0.3) is 0 Å². The van der Waals surface area contributed by atoms with Crippen LogP contribution in [0.4, 0.5) is 0 Å². The number of carbonyl (C=O) groups excluding carboxylic acids is 1. The lowest BCUT2D eigenvalue weighted by atomic mass is 10.0. The molecule has 19 heavy (non-hydrogen) atoms. The maximum absolute atomic E-state index is 10.9. The number of hydrogen-bond donors (Lipinski definition) is 0. The van der Waals surface area contributed by atoms with Gasteiger partial charge >= 0.3 is 0 Å². The van der Waals surface area contributed by atoms with E-state index in [-0.39, 0.29) is 0 Å². The Bertz CT molecular complexity index is 405. The van der Waals surface area contributed by atoms with E-state index < -0.39 is 0 Å². The molecule has 3 heteroatoms. The zero-order chi connectivity index (χ0) is 13.5. The normalized spacial score (nSPS) is 20.2. The second kappa shape index (κ2) is 7.29. The molecule has 0 bridgehead atoms. The highest BCUT2D eigenvalue weighted by Gasteiger charge is 2.17. The summed E-state index contributed by atoms with van der Waals surface area (Å²) in [5, 5.41) is 0. The second-order valence-electron chi connectivity index (χ2n) is 5.24. The molecule has 0 radical (unpaired) electrons. The molecule has 1 saturated heterocycles. The first-order chi connectivity index (χ1) is 9.31. The van der Waals surface area contributed by atoms with Crippen LogP contribution in [0.5, 0.6) is 5.75 Å². The molecule has 3 nitrogen and oxygen atoms in total. The van der Waals surface area contributed by atoms with Crippen molar-refractivity contribution in [2.24, 2.45) is 0 Å². The summed E-state index contributed by atoms with van der Waals surface area (Å²) in [6.45, 7) is 5.28. The number of carbonyl (C=O) groups is 1. The Morgan fingerprint density at radius 3 is 3.00 bits per heavy atom. The third kappa shape index (κ3) is 4.06. The van der Waals surface area contributed by atoms with Crippen molar-refractivity contribution in [2.45, 2.75) is 38.6 Å². The van der Waals surface area contributed by atoms with Gasteiger partial charge in [-0.3, -0.25) is 4.79 Å². The van der Waals surface area contributed by atoms with Gasteiger partial charge in [-0.15, -0.1) is 0 Å². The van der Waals surface area contributed by atoms with E-state index in [2.05, 4.69) is 11.8 Å². The third-order valence-electron chi connectivity index (χ3n) is 3.83. The van der Waals surface area contributed by atoms with Gasteiger partial charge in [-0.1, -0.05) is 18.6 Å². The van der Waals surface area contributed by atoms with Gasteiger partial charge in [-0.05, 0) is 44.9 Å². The molecular weight excluding hydrogens is 238 g/mol. The van der Waals surface area contributed by atoms with Crippen LogP contribution in [0.1, 0.15) is 43.0 Å². The summed E-state index contributed by atoms with van der Waals surface area (Å²) in [5.74, 6) is 0.698. The Kier molecular flexibility index (Phi) is 5.40. The van der Waals surface area contributed by atoms with Crippen LogP contribution in [0.15, 0.2) is 24.3 Å². The minimum Gasteiger partial charge on any atom is -0.493 e. The van der Waals surface area contributed by atoms with Crippen molar-refractivity contribution in [3.8, 4) is 5.75 Å². The molecule has 0 saturated carbocycles. The largest absolute Gasteiger partial charge is 0.493 e. The van der Waals surface area contributed by atoms with Gasteiger partial charge < -0.3 is 9.64 Å². The molecule has 0 aliphatic carbocycles. The van der Waals surface area contributed by atoms with E-state index in [0.29, 0.717) is 24.0 Å². The number of benzene rings is 1. The van der Waals surface area contributed by atoms with E-state index in [1.807, 2.05) is 18.2 Å². The molecule has 1 atom stereocenters. The summed E-state index contributed by atoms with van der Waals surface area (Å²) in [5.41, 5.74) is 0.633. The fraction of sp³-hybridized carbons (Fsp3) is 0.562. The lowest BCUT2D eigenvalue weighted by molar-refractivity contribution is 0.111. The predicted octanol–water partition coefficient (Wildman–Crippen LogP) is 3.14. The number of ether oxygens (including phenoxy) is 1. The molecule has 104 valence electrons. The van der Waals surface area contributed by atoms with E-state index in [9.17, 15) is 4.79 Å². The number of para-hydroxylation sites is 1. The molecule has 1 aliphatic heterocycles. The van der Waals surface area contributed by atoms with Crippen LogP contribution >= 0.6 is 0 Å². The Morgan fingerprint density at radius 1 is 1.37 bits per heavy atom. The molecule has 1 heterocycles. The fourth-order valence-corrected chi connectivity index (χ4v) is 2.65. The van der Waals surface area contributed by atoms with E-state index in [4.69, 9.17) is 4.74 Å². The Morgan fingerprint density at radius 2 is 2.21 bits per heavy atom. The van der Waals surface area contributed by atoms with Crippen LogP contribution in [0, 0.1) is 0 Å². The molecule has 1 unspecified atom stereocenters. The molecule has 1 aromatic rings. The SMILES string of the molecule is CC1CCCCN1CCCOc1ccccc1C=O. The highest BCUT2D eigenvalue weighted by molar-refractivity contribution is 5.79. The molecule has 0 amide bonds.